The summed E-state index contributed by atoms with van der Waals surface area (Å²) >= 11 is 0. The Balaban J connectivity index is 2.81. The van der Waals surface area contributed by atoms with Crippen LogP contribution in [0.4, 0.5) is 14.5 Å². The first-order valence-corrected chi connectivity index (χ1v) is 7.30. The van der Waals surface area contributed by atoms with E-state index in [9.17, 15) is 13.6 Å². The van der Waals surface area contributed by atoms with Gasteiger partial charge in [-0.1, -0.05) is 0 Å². The molecule has 1 atom stereocenters. The molecular formula is C16H21F2N3O. The highest BCUT2D eigenvalue weighted by molar-refractivity contribution is 5.81. The minimum atomic E-state index is -0.936. The third-order valence-corrected chi connectivity index (χ3v) is 3.43. The number of nitriles is 1. The van der Waals surface area contributed by atoms with Crippen LogP contribution in [0.3, 0.4) is 0 Å². The van der Waals surface area contributed by atoms with Gasteiger partial charge < -0.3 is 9.80 Å². The van der Waals surface area contributed by atoms with Crippen molar-refractivity contribution in [2.24, 2.45) is 5.92 Å². The summed E-state index contributed by atoms with van der Waals surface area (Å²) in [5.74, 6) is -2.24. The molecule has 0 radical (unpaired) electrons. The molecule has 6 heteroatoms. The SMILES string of the molecule is CCN(CC(C)C#N)C(=O)CN(CC)c1ccc(F)c(F)c1. The van der Waals surface area contributed by atoms with Crippen LogP contribution in [0.2, 0.25) is 0 Å². The molecule has 1 amide bonds. The van der Waals surface area contributed by atoms with Crippen molar-refractivity contribution in [3.63, 3.8) is 0 Å². The van der Waals surface area contributed by atoms with Gasteiger partial charge in [0.25, 0.3) is 0 Å². The van der Waals surface area contributed by atoms with Gasteiger partial charge in [0.1, 0.15) is 0 Å². The maximum absolute atomic E-state index is 13.3. The summed E-state index contributed by atoms with van der Waals surface area (Å²) in [7, 11) is 0. The molecule has 0 aliphatic heterocycles. The second-order valence-electron chi connectivity index (χ2n) is 5.08. The molecule has 1 rings (SSSR count). The number of nitrogens with zero attached hydrogens (tertiary/aromatic N) is 3. The standard InChI is InChI=1S/C16H21F2N3O/c1-4-20(13-6-7-14(17)15(18)8-13)11-16(22)21(5-2)10-12(3)9-19/h6-8,12H,4-5,10-11H2,1-3H3. The van der Waals surface area contributed by atoms with E-state index in [1.54, 1.807) is 16.7 Å². The van der Waals surface area contributed by atoms with Crippen LogP contribution in [0, 0.1) is 28.9 Å². The Kier molecular flexibility index (Phi) is 6.77. The van der Waals surface area contributed by atoms with Crippen molar-refractivity contribution in [2.45, 2.75) is 20.8 Å². The normalized spacial score (nSPS) is 11.6. The summed E-state index contributed by atoms with van der Waals surface area (Å²) < 4.78 is 26.3. The van der Waals surface area contributed by atoms with E-state index in [0.29, 0.717) is 25.3 Å². The van der Waals surface area contributed by atoms with E-state index in [4.69, 9.17) is 5.26 Å². The van der Waals surface area contributed by atoms with E-state index in [2.05, 4.69) is 6.07 Å². The molecule has 120 valence electrons. The number of halogens is 2. The van der Waals surface area contributed by atoms with Gasteiger partial charge in [-0.05, 0) is 32.9 Å². The fraction of sp³-hybridized carbons (Fsp3) is 0.500. The molecule has 0 N–H and O–H groups in total. The Labute approximate surface area is 129 Å². The van der Waals surface area contributed by atoms with Crippen molar-refractivity contribution in [1.82, 2.24) is 4.90 Å². The van der Waals surface area contributed by atoms with Crippen molar-refractivity contribution in [1.29, 1.82) is 5.26 Å². The van der Waals surface area contributed by atoms with Crippen molar-refractivity contribution < 1.29 is 13.6 Å². The van der Waals surface area contributed by atoms with Crippen LogP contribution >= 0.6 is 0 Å². The number of benzene rings is 1. The molecule has 0 aromatic heterocycles. The second kappa shape index (κ2) is 8.32. The van der Waals surface area contributed by atoms with Crippen LogP contribution in [0.1, 0.15) is 20.8 Å². The molecular weight excluding hydrogens is 288 g/mol. The topological polar surface area (TPSA) is 47.3 Å². The smallest absolute Gasteiger partial charge is 0.242 e. The Morgan fingerprint density at radius 2 is 1.95 bits per heavy atom. The van der Waals surface area contributed by atoms with Gasteiger partial charge in [0.05, 0.1) is 18.5 Å². The number of hydrogen-bond acceptors (Lipinski definition) is 3. The van der Waals surface area contributed by atoms with Crippen LogP contribution in [-0.4, -0.2) is 37.0 Å². The molecule has 0 saturated carbocycles. The molecule has 0 heterocycles. The summed E-state index contributed by atoms with van der Waals surface area (Å²) in [6.45, 7) is 6.85. The molecule has 0 fully saturated rings. The number of carbonyl (C=O) groups is 1. The number of carbonyl (C=O) groups excluding carboxylic acids is 1. The largest absolute Gasteiger partial charge is 0.362 e. The highest BCUT2D eigenvalue weighted by atomic mass is 19.2. The van der Waals surface area contributed by atoms with Gasteiger partial charge in [-0.15, -0.1) is 0 Å². The lowest BCUT2D eigenvalue weighted by molar-refractivity contribution is -0.129. The van der Waals surface area contributed by atoms with E-state index in [1.165, 1.54) is 6.07 Å². The number of anilines is 1. The van der Waals surface area contributed by atoms with E-state index in [-0.39, 0.29) is 18.4 Å². The summed E-state index contributed by atoms with van der Waals surface area (Å²) in [4.78, 5) is 15.6. The van der Waals surface area contributed by atoms with E-state index >= 15 is 0 Å². The third-order valence-electron chi connectivity index (χ3n) is 3.43. The second-order valence-corrected chi connectivity index (χ2v) is 5.08. The number of amides is 1. The number of rotatable bonds is 7. The zero-order valence-corrected chi connectivity index (χ0v) is 13.1. The van der Waals surface area contributed by atoms with Gasteiger partial charge in [-0.25, -0.2) is 8.78 Å². The van der Waals surface area contributed by atoms with Crippen molar-refractivity contribution in [3.05, 3.63) is 29.8 Å². The maximum atomic E-state index is 13.3. The molecule has 1 unspecified atom stereocenters. The average molecular weight is 309 g/mol. The summed E-state index contributed by atoms with van der Waals surface area (Å²) in [6.07, 6.45) is 0. The van der Waals surface area contributed by atoms with Crippen LogP contribution < -0.4 is 4.90 Å². The van der Waals surface area contributed by atoms with Crippen molar-refractivity contribution >= 4 is 11.6 Å². The lowest BCUT2D eigenvalue weighted by Gasteiger charge is -2.28. The van der Waals surface area contributed by atoms with Crippen molar-refractivity contribution in [2.75, 3.05) is 31.1 Å². The molecule has 1 aromatic carbocycles. The minimum Gasteiger partial charge on any atom is -0.362 e. The Morgan fingerprint density at radius 3 is 2.45 bits per heavy atom. The minimum absolute atomic E-state index is 0.0631. The number of hydrogen-bond donors (Lipinski definition) is 0. The fourth-order valence-corrected chi connectivity index (χ4v) is 2.11. The molecule has 1 aromatic rings. The summed E-state index contributed by atoms with van der Waals surface area (Å²) in [5, 5.41) is 8.85. The van der Waals surface area contributed by atoms with Crippen LogP contribution in [0.25, 0.3) is 0 Å². The molecule has 22 heavy (non-hydrogen) atoms. The highest BCUT2D eigenvalue weighted by Gasteiger charge is 2.18. The zero-order chi connectivity index (χ0) is 16.7. The van der Waals surface area contributed by atoms with Crippen molar-refractivity contribution in [3.8, 4) is 6.07 Å². The molecule has 0 aliphatic carbocycles. The first kappa shape index (κ1) is 17.9. The molecule has 0 bridgehead atoms. The molecule has 0 aliphatic rings. The molecule has 0 spiro atoms. The van der Waals surface area contributed by atoms with Gasteiger partial charge in [-0.2, -0.15) is 5.26 Å². The summed E-state index contributed by atoms with van der Waals surface area (Å²) in [6, 6.07) is 5.68. The average Bonchev–Trinajstić information content (AvgIpc) is 2.52. The maximum Gasteiger partial charge on any atom is 0.242 e. The molecule has 4 nitrogen and oxygen atoms in total. The van der Waals surface area contributed by atoms with Crippen LogP contribution in [-0.2, 0) is 4.79 Å². The predicted octanol–water partition coefficient (Wildman–Crippen LogP) is 2.80. The van der Waals surface area contributed by atoms with Gasteiger partial charge in [0.2, 0.25) is 5.91 Å². The Morgan fingerprint density at radius 1 is 1.27 bits per heavy atom. The quantitative estimate of drug-likeness (QED) is 0.778. The van der Waals surface area contributed by atoms with E-state index in [0.717, 1.165) is 12.1 Å². The zero-order valence-electron chi connectivity index (χ0n) is 13.1. The monoisotopic (exact) mass is 309 g/mol. The Bertz CT molecular complexity index is 557. The van der Waals surface area contributed by atoms with E-state index < -0.39 is 11.6 Å². The predicted molar refractivity (Wildman–Crippen MR) is 81.3 cm³/mol. The van der Waals surface area contributed by atoms with E-state index in [1.807, 2.05) is 13.8 Å². The van der Waals surface area contributed by atoms with Crippen LogP contribution in [0.5, 0.6) is 0 Å². The lowest BCUT2D eigenvalue weighted by Crippen LogP contribution is -2.42. The van der Waals surface area contributed by atoms with Gasteiger partial charge in [0, 0.05) is 31.4 Å². The third kappa shape index (κ3) is 4.69. The lowest BCUT2D eigenvalue weighted by atomic mass is 10.2. The Hall–Kier alpha value is -2.16. The number of likely N-dealkylation sites (N-methyl/N-ethyl adjacent to an activating group) is 2. The molecule has 0 saturated heterocycles. The first-order chi connectivity index (χ1) is 10.4. The highest BCUT2D eigenvalue weighted by Crippen LogP contribution is 2.18. The van der Waals surface area contributed by atoms with Gasteiger partial charge in [0.15, 0.2) is 11.6 Å². The van der Waals surface area contributed by atoms with Crippen LogP contribution in [0.15, 0.2) is 18.2 Å². The fourth-order valence-electron chi connectivity index (χ4n) is 2.11. The summed E-state index contributed by atoms with van der Waals surface area (Å²) in [5.41, 5.74) is 0.458. The van der Waals surface area contributed by atoms with Gasteiger partial charge in [-0.3, -0.25) is 4.79 Å². The first-order valence-electron chi connectivity index (χ1n) is 7.30. The van der Waals surface area contributed by atoms with Gasteiger partial charge >= 0.3 is 0 Å².